The second-order valence-electron chi connectivity index (χ2n) is 6.69. The van der Waals surface area contributed by atoms with Crippen LogP contribution in [0.2, 0.25) is 0 Å². The van der Waals surface area contributed by atoms with Gasteiger partial charge in [-0.3, -0.25) is 19.7 Å². The van der Waals surface area contributed by atoms with Gasteiger partial charge < -0.3 is 10.2 Å². The molecule has 0 radical (unpaired) electrons. The molecule has 0 aromatic carbocycles. The molecule has 7 heteroatoms. The molecule has 1 saturated heterocycles. The molecular weight excluding hydrogens is 406 g/mol. The maximum Gasteiger partial charge on any atom is 0.223 e. The van der Waals surface area contributed by atoms with Crippen molar-refractivity contribution in [2.45, 2.75) is 19.4 Å². The highest BCUT2D eigenvalue weighted by Crippen LogP contribution is 2.29. The van der Waals surface area contributed by atoms with E-state index in [1.165, 1.54) is 0 Å². The Kier molecular flexibility index (Phi) is 5.29. The first kappa shape index (κ1) is 17.9. The molecule has 4 rings (SSSR count). The van der Waals surface area contributed by atoms with Gasteiger partial charge in [0.2, 0.25) is 5.91 Å². The predicted octanol–water partition coefficient (Wildman–Crippen LogP) is 3.32. The summed E-state index contributed by atoms with van der Waals surface area (Å²) in [5.74, 6) is 0.174. The van der Waals surface area contributed by atoms with Crippen LogP contribution in [0.3, 0.4) is 0 Å². The summed E-state index contributed by atoms with van der Waals surface area (Å²) in [6.07, 6.45) is 8.79. The summed E-state index contributed by atoms with van der Waals surface area (Å²) in [6.45, 7) is 2.20. The fourth-order valence-corrected chi connectivity index (χ4v) is 3.78. The molecule has 3 aromatic heterocycles. The molecular formula is C20H20BrN5O. The van der Waals surface area contributed by atoms with Crippen molar-refractivity contribution in [3.05, 3.63) is 59.1 Å². The first-order valence-electron chi connectivity index (χ1n) is 9.02. The lowest BCUT2D eigenvalue weighted by Crippen LogP contribution is -2.40. The lowest BCUT2D eigenvalue weighted by molar-refractivity contribution is -0.125. The Bertz CT molecular complexity index is 942. The topological polar surface area (TPSA) is 71.0 Å². The van der Waals surface area contributed by atoms with E-state index in [9.17, 15) is 4.79 Å². The van der Waals surface area contributed by atoms with E-state index in [1.54, 1.807) is 18.6 Å². The van der Waals surface area contributed by atoms with Crippen LogP contribution in [0.5, 0.6) is 0 Å². The van der Waals surface area contributed by atoms with Crippen LogP contribution in [0, 0.1) is 5.92 Å². The van der Waals surface area contributed by atoms with Crippen LogP contribution in [0.4, 0.5) is 5.69 Å². The number of nitrogens with one attached hydrogen (secondary N) is 1. The lowest BCUT2D eigenvalue weighted by Gasteiger charge is -2.33. The average molecular weight is 426 g/mol. The SMILES string of the molecule is O=C(NCc1cccnc1)C1CCN(c2ccnc3cc(Br)cnc23)CC1. The van der Waals surface area contributed by atoms with E-state index in [-0.39, 0.29) is 11.8 Å². The van der Waals surface area contributed by atoms with Gasteiger partial charge in [-0.25, -0.2) is 0 Å². The molecule has 1 aliphatic rings. The van der Waals surface area contributed by atoms with E-state index < -0.39 is 0 Å². The van der Waals surface area contributed by atoms with Gasteiger partial charge in [-0.05, 0) is 52.5 Å². The van der Waals surface area contributed by atoms with Crippen molar-refractivity contribution < 1.29 is 4.79 Å². The quantitative estimate of drug-likeness (QED) is 0.693. The van der Waals surface area contributed by atoms with Crippen molar-refractivity contribution in [3.63, 3.8) is 0 Å². The normalized spacial score (nSPS) is 15.1. The van der Waals surface area contributed by atoms with Gasteiger partial charge in [0.05, 0.1) is 11.2 Å². The molecule has 1 amide bonds. The van der Waals surface area contributed by atoms with Crippen LogP contribution in [0.15, 0.2) is 53.5 Å². The van der Waals surface area contributed by atoms with E-state index in [1.807, 2.05) is 30.5 Å². The zero-order valence-corrected chi connectivity index (χ0v) is 16.4. The zero-order valence-electron chi connectivity index (χ0n) is 14.8. The van der Waals surface area contributed by atoms with Gasteiger partial charge in [0, 0.05) is 54.8 Å². The summed E-state index contributed by atoms with van der Waals surface area (Å²) in [7, 11) is 0. The number of anilines is 1. The van der Waals surface area contributed by atoms with Gasteiger partial charge in [-0.15, -0.1) is 0 Å². The molecule has 0 atom stereocenters. The monoisotopic (exact) mass is 425 g/mol. The van der Waals surface area contributed by atoms with Crippen molar-refractivity contribution in [2.75, 3.05) is 18.0 Å². The third-order valence-electron chi connectivity index (χ3n) is 4.92. The summed E-state index contributed by atoms with van der Waals surface area (Å²) in [6, 6.07) is 7.83. The van der Waals surface area contributed by atoms with Gasteiger partial charge in [0.1, 0.15) is 5.52 Å². The molecule has 0 aliphatic carbocycles. The Hall–Kier alpha value is -2.54. The third-order valence-corrected chi connectivity index (χ3v) is 5.35. The summed E-state index contributed by atoms with van der Waals surface area (Å²) in [5, 5.41) is 3.03. The van der Waals surface area contributed by atoms with E-state index in [4.69, 9.17) is 0 Å². The number of fused-ring (bicyclic) bond motifs is 1. The first-order valence-corrected chi connectivity index (χ1v) is 9.82. The molecule has 138 valence electrons. The van der Waals surface area contributed by atoms with Gasteiger partial charge >= 0.3 is 0 Å². The zero-order chi connectivity index (χ0) is 18.6. The van der Waals surface area contributed by atoms with Crippen molar-refractivity contribution >= 4 is 38.6 Å². The minimum Gasteiger partial charge on any atom is -0.370 e. The maximum atomic E-state index is 12.5. The van der Waals surface area contributed by atoms with Gasteiger partial charge in [0.25, 0.3) is 0 Å². The van der Waals surface area contributed by atoms with Gasteiger partial charge in [-0.2, -0.15) is 0 Å². The third kappa shape index (κ3) is 4.08. The molecule has 0 spiro atoms. The number of hydrogen-bond acceptors (Lipinski definition) is 5. The molecule has 1 fully saturated rings. The number of amides is 1. The highest BCUT2D eigenvalue weighted by atomic mass is 79.9. The van der Waals surface area contributed by atoms with E-state index in [0.29, 0.717) is 6.54 Å². The van der Waals surface area contributed by atoms with Crippen LogP contribution < -0.4 is 10.2 Å². The van der Waals surface area contributed by atoms with Crippen LogP contribution in [0.1, 0.15) is 18.4 Å². The van der Waals surface area contributed by atoms with Crippen molar-refractivity contribution in [3.8, 4) is 0 Å². The van der Waals surface area contributed by atoms with E-state index >= 15 is 0 Å². The smallest absolute Gasteiger partial charge is 0.223 e. The number of carbonyl (C=O) groups is 1. The van der Waals surface area contributed by atoms with Crippen LogP contribution in [-0.2, 0) is 11.3 Å². The number of carbonyl (C=O) groups excluding carboxylic acids is 1. The molecule has 1 N–H and O–H groups in total. The van der Waals surface area contributed by atoms with Crippen molar-refractivity contribution in [1.29, 1.82) is 0 Å². The summed E-state index contributed by atoms with van der Waals surface area (Å²) < 4.78 is 0.920. The second-order valence-corrected chi connectivity index (χ2v) is 7.61. The molecule has 0 bridgehead atoms. The summed E-state index contributed by atoms with van der Waals surface area (Å²) in [5.41, 5.74) is 3.88. The minimum atomic E-state index is 0.0492. The fraction of sp³-hybridized carbons (Fsp3) is 0.300. The largest absolute Gasteiger partial charge is 0.370 e. The van der Waals surface area contributed by atoms with Crippen LogP contribution in [-0.4, -0.2) is 33.9 Å². The number of halogens is 1. The molecule has 6 nitrogen and oxygen atoms in total. The number of pyridine rings is 3. The second kappa shape index (κ2) is 8.00. The summed E-state index contributed by atoms with van der Waals surface area (Å²) in [4.78, 5) is 27.8. The molecule has 27 heavy (non-hydrogen) atoms. The number of piperidine rings is 1. The molecule has 3 aromatic rings. The average Bonchev–Trinajstić information content (AvgIpc) is 2.72. The van der Waals surface area contributed by atoms with E-state index in [0.717, 1.165) is 52.7 Å². The molecule has 0 saturated carbocycles. The highest BCUT2D eigenvalue weighted by molar-refractivity contribution is 9.10. The Morgan fingerprint density at radius 2 is 2.04 bits per heavy atom. The van der Waals surface area contributed by atoms with Crippen molar-refractivity contribution in [2.24, 2.45) is 5.92 Å². The molecule has 1 aliphatic heterocycles. The lowest BCUT2D eigenvalue weighted by atomic mass is 9.95. The van der Waals surface area contributed by atoms with Crippen LogP contribution >= 0.6 is 15.9 Å². The number of nitrogens with zero attached hydrogens (tertiary/aromatic N) is 4. The standard InChI is InChI=1S/C20H20BrN5O/c21-16-10-17-19(24-13-16)18(3-7-23-17)26-8-4-15(5-9-26)20(27)25-12-14-2-1-6-22-11-14/h1-3,6-7,10-11,13,15H,4-5,8-9,12H2,(H,25,27). The van der Waals surface area contributed by atoms with Gasteiger partial charge in [-0.1, -0.05) is 6.07 Å². The predicted molar refractivity (Wildman–Crippen MR) is 108 cm³/mol. The Balaban J connectivity index is 1.38. The maximum absolute atomic E-state index is 12.5. The molecule has 4 heterocycles. The Labute approximate surface area is 166 Å². The first-order chi connectivity index (χ1) is 13.2. The Morgan fingerprint density at radius 1 is 1.19 bits per heavy atom. The summed E-state index contributed by atoms with van der Waals surface area (Å²) >= 11 is 3.44. The fourth-order valence-electron chi connectivity index (χ4n) is 3.47. The number of hydrogen-bond donors (Lipinski definition) is 1. The van der Waals surface area contributed by atoms with Crippen LogP contribution in [0.25, 0.3) is 11.0 Å². The van der Waals surface area contributed by atoms with Crippen molar-refractivity contribution in [1.82, 2.24) is 20.3 Å². The number of aromatic nitrogens is 3. The minimum absolute atomic E-state index is 0.0492. The highest BCUT2D eigenvalue weighted by Gasteiger charge is 2.26. The van der Waals surface area contributed by atoms with E-state index in [2.05, 4.69) is 41.1 Å². The Morgan fingerprint density at radius 3 is 2.81 bits per heavy atom. The number of rotatable bonds is 4. The van der Waals surface area contributed by atoms with Gasteiger partial charge in [0.15, 0.2) is 0 Å². The molecule has 0 unspecified atom stereocenters.